The number of hydrogen-bond acceptors (Lipinski definition) is 2. The Morgan fingerprint density at radius 2 is 1.88 bits per heavy atom. The Bertz CT molecular complexity index is 198. The normalized spacial score (nSPS) is 18.4. The first kappa shape index (κ1) is 13.9. The third-order valence-corrected chi connectivity index (χ3v) is 4.27. The summed E-state index contributed by atoms with van der Waals surface area (Å²) in [5.74, 6) is 2.63. The molecule has 0 aromatic heterocycles. The van der Waals surface area contributed by atoms with E-state index in [4.69, 9.17) is 0 Å². The molecule has 1 rings (SSSR count). The second-order valence-electron chi connectivity index (χ2n) is 5.16. The number of carbonyl (C=O) groups excluding carboxylic acids is 1. The molecule has 0 atom stereocenters. The highest BCUT2D eigenvalue weighted by Crippen LogP contribution is 2.17. The number of carbonyl (C=O) groups is 1. The van der Waals surface area contributed by atoms with Crippen molar-refractivity contribution < 1.29 is 4.79 Å². The molecule has 1 aliphatic carbocycles. The van der Waals surface area contributed by atoms with E-state index in [1.54, 1.807) is 11.8 Å². The van der Waals surface area contributed by atoms with Gasteiger partial charge in [0.2, 0.25) is 5.91 Å². The molecular formula is C13H25NOS. The molecular weight excluding hydrogens is 218 g/mol. The second-order valence-corrected chi connectivity index (χ2v) is 6.20. The summed E-state index contributed by atoms with van der Waals surface area (Å²) >= 11 is 1.75. The Labute approximate surface area is 104 Å². The van der Waals surface area contributed by atoms with Crippen molar-refractivity contribution in [1.82, 2.24) is 5.32 Å². The van der Waals surface area contributed by atoms with Crippen molar-refractivity contribution in [2.24, 2.45) is 5.92 Å². The van der Waals surface area contributed by atoms with Gasteiger partial charge in [0.15, 0.2) is 0 Å². The van der Waals surface area contributed by atoms with Crippen LogP contribution in [0.4, 0.5) is 0 Å². The van der Waals surface area contributed by atoms with Gasteiger partial charge < -0.3 is 5.32 Å². The molecule has 1 N–H and O–H groups in total. The highest BCUT2D eigenvalue weighted by atomic mass is 32.2. The Morgan fingerprint density at radius 3 is 2.44 bits per heavy atom. The fraction of sp³-hybridized carbons (Fsp3) is 0.923. The number of amides is 1. The number of nitrogens with one attached hydrogen (secondary N) is 1. The van der Waals surface area contributed by atoms with Gasteiger partial charge in [-0.05, 0) is 24.5 Å². The monoisotopic (exact) mass is 243 g/mol. The van der Waals surface area contributed by atoms with Crippen molar-refractivity contribution in [1.29, 1.82) is 0 Å². The van der Waals surface area contributed by atoms with Crippen molar-refractivity contribution in [2.45, 2.75) is 58.4 Å². The summed E-state index contributed by atoms with van der Waals surface area (Å²) in [5.41, 5.74) is 0. The van der Waals surface area contributed by atoms with Gasteiger partial charge >= 0.3 is 0 Å². The number of thioether (sulfide) groups is 1. The standard InChI is InChI=1S/C13H25NOS/c1-11(2)9-16-10-13(15)14-12-7-5-3-4-6-8-12/h11-12H,3-10H2,1-2H3,(H,14,15). The molecule has 0 aromatic rings. The number of hydrogen-bond donors (Lipinski definition) is 1. The van der Waals surface area contributed by atoms with E-state index in [1.807, 2.05) is 0 Å². The topological polar surface area (TPSA) is 29.1 Å². The van der Waals surface area contributed by atoms with Crippen molar-refractivity contribution >= 4 is 17.7 Å². The number of rotatable bonds is 5. The first-order valence-corrected chi connectivity index (χ1v) is 7.71. The van der Waals surface area contributed by atoms with Gasteiger partial charge in [-0.3, -0.25) is 4.79 Å². The molecule has 1 saturated carbocycles. The molecule has 0 spiro atoms. The summed E-state index contributed by atoms with van der Waals surface area (Å²) in [7, 11) is 0. The van der Waals surface area contributed by atoms with Gasteiger partial charge in [-0.2, -0.15) is 11.8 Å². The summed E-state index contributed by atoms with van der Waals surface area (Å²) in [4.78, 5) is 11.7. The van der Waals surface area contributed by atoms with Gasteiger partial charge in [-0.15, -0.1) is 0 Å². The first-order chi connectivity index (χ1) is 7.68. The SMILES string of the molecule is CC(C)CSCC(=O)NC1CCCCCC1. The van der Waals surface area contributed by atoms with Crippen LogP contribution in [-0.4, -0.2) is 23.5 Å². The maximum absolute atomic E-state index is 11.7. The maximum Gasteiger partial charge on any atom is 0.230 e. The van der Waals surface area contributed by atoms with Crippen LogP contribution in [-0.2, 0) is 4.79 Å². The Kier molecular flexibility index (Phi) is 6.93. The summed E-state index contributed by atoms with van der Waals surface area (Å²) in [6.45, 7) is 4.38. The quantitative estimate of drug-likeness (QED) is 0.751. The highest BCUT2D eigenvalue weighted by molar-refractivity contribution is 7.99. The van der Waals surface area contributed by atoms with Gasteiger partial charge in [-0.25, -0.2) is 0 Å². The highest BCUT2D eigenvalue weighted by Gasteiger charge is 2.14. The van der Waals surface area contributed by atoms with E-state index in [9.17, 15) is 4.79 Å². The molecule has 0 unspecified atom stereocenters. The van der Waals surface area contributed by atoms with Crippen LogP contribution in [0, 0.1) is 5.92 Å². The fourth-order valence-electron chi connectivity index (χ4n) is 2.08. The predicted octanol–water partition coefficient (Wildman–Crippen LogP) is 3.21. The maximum atomic E-state index is 11.7. The van der Waals surface area contributed by atoms with Gasteiger partial charge in [0.1, 0.15) is 0 Å². The lowest BCUT2D eigenvalue weighted by atomic mass is 10.1. The van der Waals surface area contributed by atoms with Crippen molar-refractivity contribution in [3.05, 3.63) is 0 Å². The summed E-state index contributed by atoms with van der Waals surface area (Å²) < 4.78 is 0. The molecule has 0 saturated heterocycles. The zero-order valence-corrected chi connectivity index (χ0v) is 11.4. The summed E-state index contributed by atoms with van der Waals surface area (Å²) in [6.07, 6.45) is 7.61. The zero-order chi connectivity index (χ0) is 11.8. The Balaban J connectivity index is 2.12. The second kappa shape index (κ2) is 7.99. The van der Waals surface area contributed by atoms with Gasteiger partial charge in [-0.1, -0.05) is 39.5 Å². The predicted molar refractivity (Wildman–Crippen MR) is 71.8 cm³/mol. The first-order valence-electron chi connectivity index (χ1n) is 6.55. The third-order valence-electron chi connectivity index (χ3n) is 2.90. The molecule has 94 valence electrons. The summed E-state index contributed by atoms with van der Waals surface area (Å²) in [6, 6.07) is 0.453. The smallest absolute Gasteiger partial charge is 0.230 e. The third kappa shape index (κ3) is 6.41. The van der Waals surface area contributed by atoms with Gasteiger partial charge in [0, 0.05) is 6.04 Å². The molecule has 16 heavy (non-hydrogen) atoms. The lowest BCUT2D eigenvalue weighted by Gasteiger charge is -2.16. The van der Waals surface area contributed by atoms with E-state index >= 15 is 0 Å². The van der Waals surface area contributed by atoms with E-state index in [0.717, 1.165) is 5.75 Å². The van der Waals surface area contributed by atoms with Crippen LogP contribution in [0.3, 0.4) is 0 Å². The average Bonchev–Trinajstić information content (AvgIpc) is 2.45. The molecule has 3 heteroatoms. The molecule has 2 nitrogen and oxygen atoms in total. The Morgan fingerprint density at radius 1 is 1.25 bits per heavy atom. The molecule has 1 aliphatic rings. The zero-order valence-electron chi connectivity index (χ0n) is 10.6. The lowest BCUT2D eigenvalue weighted by Crippen LogP contribution is -2.35. The van der Waals surface area contributed by atoms with E-state index in [0.29, 0.717) is 17.7 Å². The van der Waals surface area contributed by atoms with Gasteiger partial charge in [0.05, 0.1) is 5.75 Å². The molecule has 0 bridgehead atoms. The molecule has 0 heterocycles. The summed E-state index contributed by atoms with van der Waals surface area (Å²) in [5, 5.41) is 3.17. The fourth-order valence-corrected chi connectivity index (χ4v) is 2.94. The molecule has 0 radical (unpaired) electrons. The van der Waals surface area contributed by atoms with Gasteiger partial charge in [0.25, 0.3) is 0 Å². The van der Waals surface area contributed by atoms with Crippen LogP contribution in [0.5, 0.6) is 0 Å². The van der Waals surface area contributed by atoms with Crippen molar-refractivity contribution in [3.63, 3.8) is 0 Å². The largest absolute Gasteiger partial charge is 0.353 e. The van der Waals surface area contributed by atoms with Crippen LogP contribution in [0.2, 0.25) is 0 Å². The van der Waals surface area contributed by atoms with Crippen LogP contribution in [0.1, 0.15) is 52.4 Å². The minimum atomic E-state index is 0.234. The Hall–Kier alpha value is -0.180. The van der Waals surface area contributed by atoms with E-state index < -0.39 is 0 Å². The minimum Gasteiger partial charge on any atom is -0.353 e. The molecule has 0 aliphatic heterocycles. The van der Waals surface area contributed by atoms with E-state index in [1.165, 1.54) is 38.5 Å². The van der Waals surface area contributed by atoms with E-state index in [-0.39, 0.29) is 5.91 Å². The molecule has 1 fully saturated rings. The van der Waals surface area contributed by atoms with E-state index in [2.05, 4.69) is 19.2 Å². The van der Waals surface area contributed by atoms with Crippen LogP contribution in [0.25, 0.3) is 0 Å². The van der Waals surface area contributed by atoms with Crippen LogP contribution >= 0.6 is 11.8 Å². The van der Waals surface area contributed by atoms with Crippen molar-refractivity contribution in [3.8, 4) is 0 Å². The minimum absolute atomic E-state index is 0.234. The average molecular weight is 243 g/mol. The van der Waals surface area contributed by atoms with Crippen LogP contribution < -0.4 is 5.32 Å². The molecule has 1 amide bonds. The van der Waals surface area contributed by atoms with Crippen LogP contribution in [0.15, 0.2) is 0 Å². The lowest BCUT2D eigenvalue weighted by molar-refractivity contribution is -0.119. The van der Waals surface area contributed by atoms with Crippen molar-refractivity contribution in [2.75, 3.05) is 11.5 Å². The molecule has 0 aromatic carbocycles.